The van der Waals surface area contributed by atoms with Crippen LogP contribution in [0, 0.1) is 6.92 Å². The molecule has 7 nitrogen and oxygen atoms in total. The third kappa shape index (κ3) is 6.01. The number of aryl methyl sites for hydroxylation is 2. The lowest BCUT2D eigenvalue weighted by Gasteiger charge is -2.12. The number of hydrogen-bond donors (Lipinski definition) is 1. The molecular weight excluding hydrogens is 461 g/mol. The van der Waals surface area contributed by atoms with Crippen LogP contribution in [0.1, 0.15) is 30.3 Å². The maximum atomic E-state index is 12.8. The Kier molecular flexibility index (Phi) is 7.42. The first-order valence-corrected chi connectivity index (χ1v) is 11.4. The number of aromatic nitrogens is 4. The van der Waals surface area contributed by atoms with Gasteiger partial charge in [0.05, 0.1) is 35.8 Å². The van der Waals surface area contributed by atoms with E-state index in [1.807, 2.05) is 48.9 Å². The molecule has 1 atom stereocenters. The van der Waals surface area contributed by atoms with Gasteiger partial charge in [-0.05, 0) is 75.2 Å². The summed E-state index contributed by atoms with van der Waals surface area (Å²) in [4.78, 5) is 1.35. The zero-order valence-corrected chi connectivity index (χ0v) is 19.5. The van der Waals surface area contributed by atoms with E-state index in [4.69, 9.17) is 9.47 Å². The molecule has 4 rings (SSSR count). The number of halogens is 3. The number of rotatable bonds is 10. The smallest absolute Gasteiger partial charge is 0.416 e. The summed E-state index contributed by atoms with van der Waals surface area (Å²) in [6, 6.07) is 12.5. The Bertz CT molecular complexity index is 1270. The van der Waals surface area contributed by atoms with Crippen molar-refractivity contribution in [2.45, 2.75) is 45.7 Å². The van der Waals surface area contributed by atoms with Crippen molar-refractivity contribution in [1.29, 1.82) is 0 Å². The van der Waals surface area contributed by atoms with Gasteiger partial charge in [0.25, 0.3) is 0 Å². The van der Waals surface area contributed by atoms with E-state index in [0.29, 0.717) is 38.3 Å². The van der Waals surface area contributed by atoms with Crippen LogP contribution in [0.5, 0.6) is 5.75 Å². The predicted octanol–water partition coefficient (Wildman–Crippen LogP) is 4.92. The van der Waals surface area contributed by atoms with Gasteiger partial charge < -0.3 is 19.1 Å². The molecule has 0 saturated heterocycles. The van der Waals surface area contributed by atoms with E-state index in [0.717, 1.165) is 40.2 Å². The van der Waals surface area contributed by atoms with Gasteiger partial charge in [0.1, 0.15) is 5.75 Å². The maximum absolute atomic E-state index is 12.8. The summed E-state index contributed by atoms with van der Waals surface area (Å²) in [5.74, 6) is 0.741. The minimum Gasteiger partial charge on any atom is -0.494 e. The van der Waals surface area contributed by atoms with E-state index >= 15 is 0 Å². The minimum absolute atomic E-state index is 0.351. The molecule has 0 radical (unpaired) electrons. The highest BCUT2D eigenvalue weighted by atomic mass is 19.4. The van der Waals surface area contributed by atoms with Crippen LogP contribution in [0.2, 0.25) is 0 Å². The van der Waals surface area contributed by atoms with Gasteiger partial charge in [-0.15, -0.1) is 0 Å². The van der Waals surface area contributed by atoms with Crippen molar-refractivity contribution in [3.05, 3.63) is 71.7 Å². The molecule has 0 aliphatic heterocycles. The third-order valence-corrected chi connectivity index (χ3v) is 5.58. The molecule has 0 spiro atoms. The first-order valence-electron chi connectivity index (χ1n) is 11.4. The van der Waals surface area contributed by atoms with Gasteiger partial charge in [-0.3, -0.25) is 0 Å². The summed E-state index contributed by atoms with van der Waals surface area (Å²) in [6.45, 7) is 4.93. The van der Waals surface area contributed by atoms with Crippen LogP contribution < -0.4 is 4.74 Å². The highest BCUT2D eigenvalue weighted by Gasteiger charge is 2.30. The molecule has 35 heavy (non-hydrogen) atoms. The van der Waals surface area contributed by atoms with Gasteiger partial charge in [0.15, 0.2) is 6.29 Å². The minimum atomic E-state index is -4.38. The van der Waals surface area contributed by atoms with E-state index in [2.05, 4.69) is 10.2 Å². The van der Waals surface area contributed by atoms with E-state index in [1.54, 1.807) is 0 Å². The van der Waals surface area contributed by atoms with Crippen molar-refractivity contribution in [2.24, 2.45) is 0 Å². The van der Waals surface area contributed by atoms with Crippen LogP contribution in [0.15, 0.2) is 54.7 Å². The average molecular weight is 489 g/mol. The van der Waals surface area contributed by atoms with Gasteiger partial charge in [0, 0.05) is 23.7 Å². The Hall–Kier alpha value is -3.37. The molecule has 0 aliphatic rings. The van der Waals surface area contributed by atoms with Gasteiger partial charge in [-0.2, -0.15) is 28.2 Å². The Balaban J connectivity index is 1.31. The van der Waals surface area contributed by atoms with Crippen LogP contribution in [0.25, 0.3) is 16.6 Å². The molecule has 1 N–H and O–H groups in total. The molecule has 0 bridgehead atoms. The molecule has 2 heterocycles. The highest BCUT2D eigenvalue weighted by Crippen LogP contribution is 2.29. The summed E-state index contributed by atoms with van der Waals surface area (Å²) < 4.78 is 51.3. The quantitative estimate of drug-likeness (QED) is 0.254. The molecule has 2 aromatic heterocycles. The fourth-order valence-electron chi connectivity index (χ4n) is 3.81. The van der Waals surface area contributed by atoms with Crippen molar-refractivity contribution in [3.8, 4) is 11.4 Å². The second-order valence-corrected chi connectivity index (χ2v) is 8.12. The van der Waals surface area contributed by atoms with Gasteiger partial charge >= 0.3 is 6.18 Å². The molecule has 186 valence electrons. The molecule has 10 heteroatoms. The monoisotopic (exact) mass is 488 g/mol. The number of fused-ring (bicyclic) bond motifs is 1. The number of nitrogens with zero attached hydrogens (tertiary/aromatic N) is 4. The molecule has 0 saturated carbocycles. The maximum Gasteiger partial charge on any atom is 0.416 e. The first-order chi connectivity index (χ1) is 16.7. The average Bonchev–Trinajstić information content (AvgIpc) is 3.39. The second-order valence-electron chi connectivity index (χ2n) is 8.12. The van der Waals surface area contributed by atoms with Crippen LogP contribution in [0.4, 0.5) is 13.2 Å². The van der Waals surface area contributed by atoms with Crippen LogP contribution in [-0.2, 0) is 23.9 Å². The fourth-order valence-corrected chi connectivity index (χ4v) is 3.81. The Morgan fingerprint density at radius 1 is 1.06 bits per heavy atom. The zero-order chi connectivity index (χ0) is 25.0. The van der Waals surface area contributed by atoms with E-state index in [9.17, 15) is 18.3 Å². The number of aliphatic hydroxyl groups excluding tert-OH is 1. The summed E-state index contributed by atoms with van der Waals surface area (Å²) in [6.07, 6.45) is -2.00. The largest absolute Gasteiger partial charge is 0.494 e. The van der Waals surface area contributed by atoms with Crippen LogP contribution >= 0.6 is 0 Å². The number of aliphatic hydroxyl groups is 1. The summed E-state index contributed by atoms with van der Waals surface area (Å²) in [5.41, 5.74) is 2.24. The third-order valence-electron chi connectivity index (χ3n) is 5.58. The zero-order valence-electron chi connectivity index (χ0n) is 19.5. The number of ether oxygens (including phenoxy) is 2. The van der Waals surface area contributed by atoms with Crippen LogP contribution in [0.3, 0.4) is 0 Å². The Morgan fingerprint density at radius 2 is 1.83 bits per heavy atom. The molecule has 2 aromatic carbocycles. The summed E-state index contributed by atoms with van der Waals surface area (Å²) in [7, 11) is 0. The Morgan fingerprint density at radius 3 is 2.54 bits per heavy atom. The highest BCUT2D eigenvalue weighted by molar-refractivity contribution is 5.81. The SMILES string of the molecule is CCOC(O)Cn1ccc2cc(OCCCc3nn(-c4ccc(C(F)(F)F)cc4)nc3C)ccc21. The molecule has 0 amide bonds. The van der Waals surface area contributed by atoms with Crippen molar-refractivity contribution >= 4 is 10.9 Å². The van der Waals surface area contributed by atoms with Crippen molar-refractivity contribution in [2.75, 3.05) is 13.2 Å². The van der Waals surface area contributed by atoms with Gasteiger partial charge in [-0.25, -0.2) is 0 Å². The topological polar surface area (TPSA) is 74.3 Å². The Labute approximate surface area is 200 Å². The second kappa shape index (κ2) is 10.5. The lowest BCUT2D eigenvalue weighted by Crippen LogP contribution is -2.18. The van der Waals surface area contributed by atoms with E-state index < -0.39 is 18.0 Å². The van der Waals surface area contributed by atoms with Crippen molar-refractivity contribution < 1.29 is 27.8 Å². The molecule has 0 aliphatic carbocycles. The molecule has 0 fully saturated rings. The van der Waals surface area contributed by atoms with Gasteiger partial charge in [-0.1, -0.05) is 0 Å². The fraction of sp³-hybridized carbons (Fsp3) is 0.360. The standard InChI is InChI=1S/C25H27F3N4O3/c1-3-34-24(33)16-31-13-12-18-15-21(10-11-23(18)31)35-14-4-5-22-17(2)29-32(30-22)20-8-6-19(7-9-20)25(26,27)28/h6-13,15,24,33H,3-5,14,16H2,1-2H3. The molecule has 1 unspecified atom stereocenters. The number of hydrogen-bond acceptors (Lipinski definition) is 5. The van der Waals surface area contributed by atoms with E-state index in [-0.39, 0.29) is 0 Å². The normalized spacial score (nSPS) is 12.9. The molecule has 4 aromatic rings. The number of benzene rings is 2. The lowest BCUT2D eigenvalue weighted by molar-refractivity contribution is -0.137. The van der Waals surface area contributed by atoms with Crippen LogP contribution in [-0.4, -0.2) is 44.2 Å². The summed E-state index contributed by atoms with van der Waals surface area (Å²) >= 11 is 0. The lowest BCUT2D eigenvalue weighted by atomic mass is 10.2. The van der Waals surface area contributed by atoms with Gasteiger partial charge in [0.2, 0.25) is 0 Å². The van der Waals surface area contributed by atoms with E-state index in [1.165, 1.54) is 16.9 Å². The predicted molar refractivity (Wildman–Crippen MR) is 124 cm³/mol. The van der Waals surface area contributed by atoms with Crippen molar-refractivity contribution in [1.82, 2.24) is 19.6 Å². The summed E-state index contributed by atoms with van der Waals surface area (Å²) in [5, 5.41) is 19.6. The number of alkyl halides is 3. The first kappa shape index (κ1) is 24.7. The van der Waals surface area contributed by atoms with Crippen molar-refractivity contribution in [3.63, 3.8) is 0 Å². The molecular formula is C25H27F3N4O3.